The van der Waals surface area contributed by atoms with E-state index in [2.05, 4.69) is 0 Å². The van der Waals surface area contributed by atoms with Crippen molar-refractivity contribution in [3.63, 3.8) is 0 Å². The average molecular weight is 271 g/mol. The maximum Gasteiger partial charge on any atom is 0.227 e. The highest BCUT2D eigenvalue weighted by molar-refractivity contribution is 6.30. The summed E-state index contributed by atoms with van der Waals surface area (Å²) >= 11 is 5.76. The minimum atomic E-state index is -0.416. The van der Waals surface area contributed by atoms with Crippen molar-refractivity contribution in [1.82, 2.24) is 4.90 Å². The fourth-order valence-corrected chi connectivity index (χ4v) is 2.48. The van der Waals surface area contributed by atoms with Crippen LogP contribution in [0.2, 0.25) is 5.02 Å². The van der Waals surface area contributed by atoms with Gasteiger partial charge in [-0.2, -0.15) is 0 Å². The second-order valence-electron chi connectivity index (χ2n) is 4.70. The van der Waals surface area contributed by atoms with Crippen LogP contribution in [0.25, 0.3) is 0 Å². The number of nitrogens with zero attached hydrogens (tertiary/aromatic N) is 1. The molecule has 1 aromatic rings. The number of carbonyl (C=O) groups is 1. The lowest BCUT2D eigenvalue weighted by Gasteiger charge is -2.30. The second-order valence-corrected chi connectivity index (χ2v) is 5.13. The molecule has 2 rings (SSSR count). The lowest BCUT2D eigenvalue weighted by Crippen LogP contribution is -2.46. The number of benzene rings is 1. The molecule has 2 N–H and O–H groups in total. The van der Waals surface area contributed by atoms with Crippen LogP contribution in [0, 0.1) is 5.82 Å². The zero-order chi connectivity index (χ0) is 13.1. The molecule has 0 spiro atoms. The Kier molecular flexibility index (Phi) is 4.19. The van der Waals surface area contributed by atoms with Crippen molar-refractivity contribution in [3.8, 4) is 0 Å². The maximum absolute atomic E-state index is 13.2. The van der Waals surface area contributed by atoms with Crippen LogP contribution < -0.4 is 5.73 Å². The monoisotopic (exact) mass is 270 g/mol. The average Bonchev–Trinajstić information content (AvgIpc) is 2.27. The van der Waals surface area contributed by atoms with Crippen LogP contribution in [0.1, 0.15) is 18.4 Å². The number of likely N-dealkylation sites (tertiary alicyclic amines) is 1. The first-order valence-electron chi connectivity index (χ1n) is 6.03. The predicted molar refractivity (Wildman–Crippen MR) is 68.9 cm³/mol. The standard InChI is InChI=1S/C13H16ClFN2O/c14-10-4-9(5-11(15)7-10)6-13(18)17-3-1-2-12(16)8-17/h4-5,7,12H,1-3,6,8,16H2/t12-/m0/s1. The van der Waals surface area contributed by atoms with Gasteiger partial charge in [0.2, 0.25) is 5.91 Å². The van der Waals surface area contributed by atoms with Crippen molar-refractivity contribution in [2.24, 2.45) is 5.73 Å². The Morgan fingerprint density at radius 2 is 2.28 bits per heavy atom. The van der Waals surface area contributed by atoms with Gasteiger partial charge in [0, 0.05) is 24.2 Å². The third-order valence-electron chi connectivity index (χ3n) is 3.09. The Labute approximate surface area is 111 Å². The van der Waals surface area contributed by atoms with E-state index in [9.17, 15) is 9.18 Å². The topological polar surface area (TPSA) is 46.3 Å². The van der Waals surface area contributed by atoms with E-state index in [1.807, 2.05) is 0 Å². The normalized spacial score (nSPS) is 19.9. The van der Waals surface area contributed by atoms with Crippen molar-refractivity contribution >= 4 is 17.5 Å². The highest BCUT2D eigenvalue weighted by Crippen LogP contribution is 2.16. The summed E-state index contributed by atoms with van der Waals surface area (Å²) in [6.45, 7) is 1.32. The number of carbonyl (C=O) groups excluding carboxylic acids is 1. The molecule has 0 aliphatic carbocycles. The molecule has 0 saturated carbocycles. The van der Waals surface area contributed by atoms with Crippen LogP contribution in [0.3, 0.4) is 0 Å². The summed E-state index contributed by atoms with van der Waals surface area (Å²) in [4.78, 5) is 13.8. The van der Waals surface area contributed by atoms with Gasteiger partial charge in [-0.3, -0.25) is 4.79 Å². The highest BCUT2D eigenvalue weighted by Gasteiger charge is 2.21. The summed E-state index contributed by atoms with van der Waals surface area (Å²) in [7, 11) is 0. The van der Waals surface area contributed by atoms with E-state index in [1.54, 1.807) is 11.0 Å². The molecule has 3 nitrogen and oxygen atoms in total. The van der Waals surface area contributed by atoms with E-state index in [0.717, 1.165) is 19.4 Å². The lowest BCUT2D eigenvalue weighted by atomic mass is 10.1. The first-order valence-corrected chi connectivity index (χ1v) is 6.41. The summed E-state index contributed by atoms with van der Waals surface area (Å²) < 4.78 is 13.2. The van der Waals surface area contributed by atoms with Gasteiger partial charge in [0.1, 0.15) is 5.82 Å². The molecule has 1 heterocycles. The molecule has 0 radical (unpaired) electrons. The first kappa shape index (κ1) is 13.3. The zero-order valence-electron chi connectivity index (χ0n) is 10.0. The molecule has 1 aliphatic rings. The summed E-state index contributed by atoms with van der Waals surface area (Å²) in [5, 5.41) is 0.313. The quantitative estimate of drug-likeness (QED) is 0.893. The van der Waals surface area contributed by atoms with E-state index in [4.69, 9.17) is 17.3 Å². The van der Waals surface area contributed by atoms with Crippen molar-refractivity contribution in [1.29, 1.82) is 0 Å². The third-order valence-corrected chi connectivity index (χ3v) is 3.31. The fourth-order valence-electron chi connectivity index (χ4n) is 2.24. The van der Waals surface area contributed by atoms with Crippen LogP contribution in [0.15, 0.2) is 18.2 Å². The second kappa shape index (κ2) is 5.67. The number of halogens is 2. The molecular weight excluding hydrogens is 255 g/mol. The van der Waals surface area contributed by atoms with Crippen LogP contribution >= 0.6 is 11.6 Å². The van der Waals surface area contributed by atoms with Crippen LogP contribution in [-0.4, -0.2) is 29.9 Å². The summed E-state index contributed by atoms with van der Waals surface area (Å²) in [5.74, 6) is -0.438. The number of nitrogens with two attached hydrogens (primary N) is 1. The largest absolute Gasteiger partial charge is 0.341 e. The van der Waals surface area contributed by atoms with Crippen molar-refractivity contribution in [2.45, 2.75) is 25.3 Å². The Bertz CT molecular complexity index is 432. The number of rotatable bonds is 2. The Morgan fingerprint density at radius 1 is 1.50 bits per heavy atom. The highest BCUT2D eigenvalue weighted by atomic mass is 35.5. The number of amides is 1. The number of piperidine rings is 1. The van der Waals surface area contributed by atoms with Crippen molar-refractivity contribution < 1.29 is 9.18 Å². The van der Waals surface area contributed by atoms with Crippen molar-refractivity contribution in [3.05, 3.63) is 34.6 Å². The summed E-state index contributed by atoms with van der Waals surface area (Å²) in [6, 6.07) is 4.24. The maximum atomic E-state index is 13.2. The van der Waals surface area contributed by atoms with Gasteiger partial charge in [-0.1, -0.05) is 11.6 Å². The van der Waals surface area contributed by atoms with Gasteiger partial charge in [-0.15, -0.1) is 0 Å². The minimum absolute atomic E-state index is 0.0215. The van der Waals surface area contributed by atoms with E-state index in [1.165, 1.54) is 12.1 Å². The van der Waals surface area contributed by atoms with Gasteiger partial charge >= 0.3 is 0 Å². The molecule has 1 aliphatic heterocycles. The molecule has 0 aromatic heterocycles. The van der Waals surface area contributed by atoms with Gasteiger partial charge < -0.3 is 10.6 Å². The SMILES string of the molecule is N[C@H]1CCCN(C(=O)Cc2cc(F)cc(Cl)c2)C1. The van der Waals surface area contributed by atoms with Gasteiger partial charge in [-0.25, -0.2) is 4.39 Å². The van der Waals surface area contributed by atoms with Gasteiger partial charge in [0.05, 0.1) is 6.42 Å². The van der Waals surface area contributed by atoms with Crippen LogP contribution in [-0.2, 0) is 11.2 Å². The molecule has 1 aromatic carbocycles. The van der Waals surface area contributed by atoms with Crippen LogP contribution in [0.4, 0.5) is 4.39 Å². The summed E-state index contributed by atoms with van der Waals surface area (Å²) in [6.07, 6.45) is 2.05. The molecule has 98 valence electrons. The Balaban J connectivity index is 2.02. The predicted octanol–water partition coefficient (Wildman–Crippen LogP) is 1.97. The molecule has 18 heavy (non-hydrogen) atoms. The first-order chi connectivity index (χ1) is 8.54. The van der Waals surface area contributed by atoms with E-state index in [-0.39, 0.29) is 18.4 Å². The molecule has 0 bridgehead atoms. The zero-order valence-corrected chi connectivity index (χ0v) is 10.8. The van der Waals surface area contributed by atoms with E-state index in [0.29, 0.717) is 17.1 Å². The molecule has 1 saturated heterocycles. The smallest absolute Gasteiger partial charge is 0.227 e. The number of hydrogen-bond donors (Lipinski definition) is 1. The van der Waals surface area contributed by atoms with E-state index >= 15 is 0 Å². The van der Waals surface area contributed by atoms with Gasteiger partial charge in [0.25, 0.3) is 0 Å². The molecule has 0 unspecified atom stereocenters. The molecule has 1 atom stereocenters. The van der Waals surface area contributed by atoms with Crippen LogP contribution in [0.5, 0.6) is 0 Å². The van der Waals surface area contributed by atoms with Crippen molar-refractivity contribution in [2.75, 3.05) is 13.1 Å². The van der Waals surface area contributed by atoms with Gasteiger partial charge in [0.15, 0.2) is 0 Å². The third kappa shape index (κ3) is 3.43. The lowest BCUT2D eigenvalue weighted by molar-refractivity contribution is -0.131. The molecular formula is C13H16ClFN2O. The molecule has 5 heteroatoms. The molecule has 1 amide bonds. The fraction of sp³-hybridized carbons (Fsp3) is 0.462. The molecule has 1 fully saturated rings. The van der Waals surface area contributed by atoms with E-state index < -0.39 is 5.82 Å². The number of hydrogen-bond acceptors (Lipinski definition) is 2. The summed E-state index contributed by atoms with van der Waals surface area (Å²) in [5.41, 5.74) is 6.43. The Morgan fingerprint density at radius 3 is 2.94 bits per heavy atom. The minimum Gasteiger partial charge on any atom is -0.341 e. The Hall–Kier alpha value is -1.13. The van der Waals surface area contributed by atoms with Gasteiger partial charge in [-0.05, 0) is 36.6 Å².